The van der Waals surface area contributed by atoms with Gasteiger partial charge in [-0.1, -0.05) is 32.4 Å². The van der Waals surface area contributed by atoms with Gasteiger partial charge in [-0.3, -0.25) is 4.79 Å². The largest absolute Gasteiger partial charge is 0.511 e. The van der Waals surface area contributed by atoms with Crippen molar-refractivity contribution in [1.29, 1.82) is 0 Å². The van der Waals surface area contributed by atoms with Crippen molar-refractivity contribution in [3.8, 4) is 5.75 Å². The van der Waals surface area contributed by atoms with E-state index >= 15 is 0 Å². The zero-order valence-corrected chi connectivity index (χ0v) is 22.4. The van der Waals surface area contributed by atoms with Crippen LogP contribution in [0.15, 0.2) is 36.4 Å². The second-order valence-electron chi connectivity index (χ2n) is 7.81. The number of ether oxygens (including phenoxy) is 3. The number of carbonyl (C=O) groups is 2. The Hall–Kier alpha value is -3.77. The van der Waals surface area contributed by atoms with E-state index in [1.54, 1.807) is 57.2 Å². The molecule has 0 aliphatic carbocycles. The number of rotatable bonds is 10. The Morgan fingerprint density at radius 1 is 0.946 bits per heavy atom. The van der Waals surface area contributed by atoms with Gasteiger partial charge in [0.2, 0.25) is 12.2 Å². The standard InChI is InChI=1S/C12H17NO4.C11H20N6O.C2H6/c1-8(2)15-12(14)17-9(3)16-11-7-5-4-6-10(11)13;12-6-2-1-3-8(14)11(18)17-9-5-4-7(13)10(15)16-9;1-2/h4-9H,13H2,1-3H3;4-5,8H,1-3,6,12-14H2,(H3,15,16,17,18);1-2H3. The van der Waals surface area contributed by atoms with Gasteiger partial charge in [0.05, 0.1) is 23.5 Å². The molecule has 0 spiro atoms. The third kappa shape index (κ3) is 14.4. The van der Waals surface area contributed by atoms with Crippen molar-refractivity contribution in [3.05, 3.63) is 36.4 Å². The van der Waals surface area contributed by atoms with Gasteiger partial charge in [-0.2, -0.15) is 0 Å². The predicted octanol–water partition coefficient (Wildman–Crippen LogP) is 3.22. The van der Waals surface area contributed by atoms with Crippen molar-refractivity contribution >= 4 is 35.1 Å². The number of unbranched alkanes of at least 4 members (excludes halogenated alkanes) is 1. The molecule has 0 fully saturated rings. The molecular formula is C25H43N7O5. The Balaban J connectivity index is 0.000000657. The second kappa shape index (κ2) is 18.5. The SMILES string of the molecule is CC.CC(C)OC(=O)OC(C)Oc1ccccc1N.NCCCCC(N)C(=O)Nc1ccc(N)c(N)n1. The van der Waals surface area contributed by atoms with Gasteiger partial charge in [0.25, 0.3) is 0 Å². The molecule has 0 aliphatic rings. The number of nitrogens with zero attached hydrogens (tertiary/aromatic N) is 1. The maximum atomic E-state index is 11.7. The molecule has 1 heterocycles. The average molecular weight is 522 g/mol. The summed E-state index contributed by atoms with van der Waals surface area (Å²) >= 11 is 0. The third-order valence-electron chi connectivity index (χ3n) is 4.32. The molecule has 2 unspecified atom stereocenters. The summed E-state index contributed by atoms with van der Waals surface area (Å²) in [6.45, 7) is 9.67. The van der Waals surface area contributed by atoms with E-state index in [-0.39, 0.29) is 17.8 Å². The highest BCUT2D eigenvalue weighted by Gasteiger charge is 2.15. The molecular weight excluding hydrogens is 478 g/mol. The number of benzene rings is 1. The van der Waals surface area contributed by atoms with Gasteiger partial charge in [0, 0.05) is 6.92 Å². The number of hydrogen-bond donors (Lipinski definition) is 6. The number of carbonyl (C=O) groups excluding carboxylic acids is 2. The van der Waals surface area contributed by atoms with Crippen LogP contribution in [0.4, 0.5) is 27.8 Å². The van der Waals surface area contributed by atoms with Crippen LogP contribution < -0.4 is 38.7 Å². The number of amides is 1. The summed E-state index contributed by atoms with van der Waals surface area (Å²) in [5.41, 5.74) is 28.7. The van der Waals surface area contributed by atoms with E-state index < -0.39 is 18.5 Å². The van der Waals surface area contributed by atoms with E-state index in [4.69, 9.17) is 42.9 Å². The van der Waals surface area contributed by atoms with Crippen LogP contribution in [0, 0.1) is 0 Å². The lowest BCUT2D eigenvalue weighted by Crippen LogP contribution is -2.35. The molecule has 1 amide bonds. The molecule has 11 N–H and O–H groups in total. The van der Waals surface area contributed by atoms with E-state index in [0.717, 1.165) is 12.8 Å². The summed E-state index contributed by atoms with van der Waals surface area (Å²) in [5.74, 6) is 0.714. The highest BCUT2D eigenvalue weighted by atomic mass is 16.8. The molecule has 0 aliphatic heterocycles. The molecule has 37 heavy (non-hydrogen) atoms. The Kier molecular flexibility index (Phi) is 16.6. The number of nitrogens with one attached hydrogen (secondary N) is 1. The molecule has 1 aromatic heterocycles. The van der Waals surface area contributed by atoms with Crippen molar-refractivity contribution in [2.24, 2.45) is 11.5 Å². The maximum absolute atomic E-state index is 11.7. The van der Waals surface area contributed by atoms with Gasteiger partial charge >= 0.3 is 6.16 Å². The molecule has 2 aromatic rings. The smallest absolute Gasteiger partial charge is 0.453 e. The molecule has 1 aromatic carbocycles. The van der Waals surface area contributed by atoms with Crippen molar-refractivity contribution in [2.75, 3.05) is 29.1 Å². The van der Waals surface area contributed by atoms with Crippen LogP contribution in [0.3, 0.4) is 0 Å². The molecule has 2 atom stereocenters. The van der Waals surface area contributed by atoms with E-state index in [1.165, 1.54) is 0 Å². The fraction of sp³-hybridized carbons (Fsp3) is 0.480. The fourth-order valence-corrected chi connectivity index (χ4v) is 2.56. The summed E-state index contributed by atoms with van der Waals surface area (Å²) in [6.07, 6.45) is 0.522. The van der Waals surface area contributed by atoms with Crippen LogP contribution in [0.25, 0.3) is 0 Å². The lowest BCUT2D eigenvalue weighted by molar-refractivity contribution is -0.117. The molecule has 12 heteroatoms. The zero-order chi connectivity index (χ0) is 28.4. The Labute approximate surface area is 219 Å². The number of hydrogen-bond acceptors (Lipinski definition) is 11. The lowest BCUT2D eigenvalue weighted by Gasteiger charge is -2.17. The first-order valence-corrected chi connectivity index (χ1v) is 12.2. The van der Waals surface area contributed by atoms with Crippen LogP contribution in [0.1, 0.15) is 53.9 Å². The highest BCUT2D eigenvalue weighted by molar-refractivity contribution is 5.94. The minimum Gasteiger partial charge on any atom is -0.453 e. The number of anilines is 4. The van der Waals surface area contributed by atoms with E-state index in [1.807, 2.05) is 13.8 Å². The number of nitrogens with two attached hydrogens (primary N) is 5. The molecule has 12 nitrogen and oxygen atoms in total. The fourth-order valence-electron chi connectivity index (χ4n) is 2.56. The molecule has 2 rings (SSSR count). The van der Waals surface area contributed by atoms with Crippen molar-refractivity contribution in [1.82, 2.24) is 4.98 Å². The number of aromatic nitrogens is 1. The number of pyridine rings is 1. The molecule has 0 saturated heterocycles. The van der Waals surface area contributed by atoms with E-state index in [9.17, 15) is 9.59 Å². The number of nitrogen functional groups attached to an aromatic ring is 3. The monoisotopic (exact) mass is 521 g/mol. The van der Waals surface area contributed by atoms with Crippen LogP contribution >= 0.6 is 0 Å². The first-order chi connectivity index (χ1) is 17.5. The first-order valence-electron chi connectivity index (χ1n) is 12.2. The van der Waals surface area contributed by atoms with Crippen LogP contribution in [-0.2, 0) is 14.3 Å². The van der Waals surface area contributed by atoms with Crippen molar-refractivity contribution in [3.63, 3.8) is 0 Å². The summed E-state index contributed by atoms with van der Waals surface area (Å²) in [5, 5.41) is 2.59. The first kappa shape index (κ1) is 33.2. The van der Waals surface area contributed by atoms with Crippen molar-refractivity contribution in [2.45, 2.75) is 72.3 Å². The quantitative estimate of drug-likeness (QED) is 0.115. The second-order valence-corrected chi connectivity index (χ2v) is 7.81. The molecule has 208 valence electrons. The average Bonchev–Trinajstić information content (AvgIpc) is 2.84. The molecule has 0 bridgehead atoms. The van der Waals surface area contributed by atoms with Crippen LogP contribution in [0.5, 0.6) is 5.75 Å². The van der Waals surface area contributed by atoms with E-state index in [2.05, 4.69) is 10.3 Å². The summed E-state index contributed by atoms with van der Waals surface area (Å²) in [4.78, 5) is 26.8. The third-order valence-corrected chi connectivity index (χ3v) is 4.32. The zero-order valence-electron chi connectivity index (χ0n) is 22.4. The molecule has 0 radical (unpaired) electrons. The minimum absolute atomic E-state index is 0.185. The van der Waals surface area contributed by atoms with Gasteiger partial charge in [-0.05, 0) is 57.5 Å². The topological polar surface area (TPSA) is 217 Å². The highest BCUT2D eigenvalue weighted by Crippen LogP contribution is 2.21. The van der Waals surface area contributed by atoms with Crippen LogP contribution in [-0.4, -0.2) is 42.0 Å². The lowest BCUT2D eigenvalue weighted by atomic mass is 10.1. The van der Waals surface area contributed by atoms with Gasteiger partial charge < -0.3 is 48.2 Å². The van der Waals surface area contributed by atoms with Gasteiger partial charge in [-0.15, -0.1) is 0 Å². The summed E-state index contributed by atoms with van der Waals surface area (Å²) in [7, 11) is 0. The minimum atomic E-state index is -0.762. The van der Waals surface area contributed by atoms with Crippen molar-refractivity contribution < 1.29 is 23.8 Å². The Bertz CT molecular complexity index is 943. The predicted molar refractivity (Wildman–Crippen MR) is 148 cm³/mol. The van der Waals surface area contributed by atoms with Gasteiger partial charge in [0.1, 0.15) is 17.4 Å². The van der Waals surface area contributed by atoms with Gasteiger partial charge in [-0.25, -0.2) is 9.78 Å². The summed E-state index contributed by atoms with van der Waals surface area (Å²) < 4.78 is 15.0. The van der Waals surface area contributed by atoms with Gasteiger partial charge in [0.15, 0.2) is 0 Å². The maximum Gasteiger partial charge on any atom is 0.511 e. The normalized spacial score (nSPS) is 11.6. The summed E-state index contributed by atoms with van der Waals surface area (Å²) in [6, 6.07) is 9.56. The molecule has 0 saturated carbocycles. The number of para-hydroxylation sites is 2. The van der Waals surface area contributed by atoms with E-state index in [0.29, 0.717) is 35.9 Å². The Morgan fingerprint density at radius 3 is 2.16 bits per heavy atom. The van der Waals surface area contributed by atoms with Crippen LogP contribution in [0.2, 0.25) is 0 Å². The Morgan fingerprint density at radius 2 is 1.59 bits per heavy atom.